The molecule has 0 aliphatic rings. The summed E-state index contributed by atoms with van der Waals surface area (Å²) in [4.78, 5) is 11.5. The molecule has 0 spiro atoms. The standard InChI is InChI=1S/C14H12O3/c1-4-7-16-11-5-6-12-9(2)10(3)14(15)17-13(12)8-11/h1,5-6,8H,7H2,2-3H3. The van der Waals surface area contributed by atoms with Crippen LogP contribution in [0.5, 0.6) is 5.75 Å². The predicted octanol–water partition coefficient (Wildman–Crippen LogP) is 2.42. The van der Waals surface area contributed by atoms with Crippen molar-refractivity contribution < 1.29 is 9.15 Å². The van der Waals surface area contributed by atoms with Crippen molar-refractivity contribution in [2.75, 3.05) is 6.61 Å². The predicted molar refractivity (Wildman–Crippen MR) is 66.3 cm³/mol. The van der Waals surface area contributed by atoms with Gasteiger partial charge in [0.2, 0.25) is 0 Å². The SMILES string of the molecule is C#CCOc1ccc2c(C)c(C)c(=O)oc2c1. The summed E-state index contributed by atoms with van der Waals surface area (Å²) in [5, 5.41) is 0.912. The highest BCUT2D eigenvalue weighted by atomic mass is 16.5. The molecule has 1 aromatic heterocycles. The van der Waals surface area contributed by atoms with Crippen LogP contribution in [0.4, 0.5) is 0 Å². The molecule has 0 amide bonds. The monoisotopic (exact) mass is 228 g/mol. The molecule has 0 saturated heterocycles. The second kappa shape index (κ2) is 4.34. The van der Waals surface area contributed by atoms with Crippen molar-refractivity contribution in [1.82, 2.24) is 0 Å². The van der Waals surface area contributed by atoms with Crippen LogP contribution in [-0.4, -0.2) is 6.61 Å². The van der Waals surface area contributed by atoms with Crippen molar-refractivity contribution in [2.24, 2.45) is 0 Å². The third kappa shape index (κ3) is 2.02. The average molecular weight is 228 g/mol. The lowest BCUT2D eigenvalue weighted by atomic mass is 10.1. The molecule has 1 heterocycles. The van der Waals surface area contributed by atoms with E-state index >= 15 is 0 Å². The van der Waals surface area contributed by atoms with Gasteiger partial charge in [0.25, 0.3) is 0 Å². The molecule has 3 heteroatoms. The molecular formula is C14H12O3. The number of terminal acetylenes is 1. The number of hydrogen-bond acceptors (Lipinski definition) is 3. The van der Waals surface area contributed by atoms with E-state index in [2.05, 4.69) is 5.92 Å². The van der Waals surface area contributed by atoms with E-state index in [1.165, 1.54) is 0 Å². The maximum absolute atomic E-state index is 11.5. The van der Waals surface area contributed by atoms with E-state index in [0.29, 0.717) is 16.9 Å². The van der Waals surface area contributed by atoms with Crippen LogP contribution in [0.25, 0.3) is 11.0 Å². The molecule has 2 rings (SSSR count). The van der Waals surface area contributed by atoms with E-state index < -0.39 is 0 Å². The fourth-order valence-corrected chi connectivity index (χ4v) is 1.64. The van der Waals surface area contributed by atoms with Crippen LogP contribution in [-0.2, 0) is 0 Å². The first-order valence-corrected chi connectivity index (χ1v) is 5.24. The van der Waals surface area contributed by atoms with Crippen LogP contribution < -0.4 is 10.4 Å². The summed E-state index contributed by atoms with van der Waals surface area (Å²) in [6.45, 7) is 3.85. The molecule has 0 N–H and O–H groups in total. The maximum atomic E-state index is 11.5. The van der Waals surface area contributed by atoms with Gasteiger partial charge >= 0.3 is 5.63 Å². The van der Waals surface area contributed by atoms with Gasteiger partial charge in [0.05, 0.1) is 0 Å². The summed E-state index contributed by atoms with van der Waals surface area (Å²) in [5.41, 5.74) is 1.77. The van der Waals surface area contributed by atoms with Crippen molar-refractivity contribution in [3.63, 3.8) is 0 Å². The van der Waals surface area contributed by atoms with Gasteiger partial charge in [-0.25, -0.2) is 4.79 Å². The number of rotatable bonds is 2. The molecule has 0 fully saturated rings. The molecule has 0 aliphatic heterocycles. The first-order chi connectivity index (χ1) is 8.13. The fourth-order valence-electron chi connectivity index (χ4n) is 1.64. The number of aryl methyl sites for hydroxylation is 1. The molecule has 17 heavy (non-hydrogen) atoms. The van der Waals surface area contributed by atoms with Crippen molar-refractivity contribution in [3.05, 3.63) is 39.7 Å². The Morgan fingerprint density at radius 1 is 1.35 bits per heavy atom. The molecule has 2 aromatic rings. The van der Waals surface area contributed by atoms with Gasteiger partial charge in [-0.1, -0.05) is 5.92 Å². The van der Waals surface area contributed by atoms with Crippen LogP contribution in [0.2, 0.25) is 0 Å². The molecule has 0 bridgehead atoms. The minimum Gasteiger partial charge on any atom is -0.481 e. The Balaban J connectivity index is 2.60. The Morgan fingerprint density at radius 2 is 2.12 bits per heavy atom. The van der Waals surface area contributed by atoms with Crippen LogP contribution in [0.1, 0.15) is 11.1 Å². The van der Waals surface area contributed by atoms with Gasteiger partial charge in [-0.15, -0.1) is 6.42 Å². The molecule has 1 aromatic carbocycles. The van der Waals surface area contributed by atoms with Crippen molar-refractivity contribution in [3.8, 4) is 18.1 Å². The number of fused-ring (bicyclic) bond motifs is 1. The van der Waals surface area contributed by atoms with Crippen LogP contribution in [0.15, 0.2) is 27.4 Å². The zero-order valence-corrected chi connectivity index (χ0v) is 9.74. The highest BCUT2D eigenvalue weighted by molar-refractivity contribution is 5.82. The molecule has 86 valence electrons. The topological polar surface area (TPSA) is 39.4 Å². The number of benzene rings is 1. The quantitative estimate of drug-likeness (QED) is 0.585. The van der Waals surface area contributed by atoms with Gasteiger partial charge in [0.1, 0.15) is 17.9 Å². The van der Waals surface area contributed by atoms with Gasteiger partial charge in [-0.05, 0) is 31.5 Å². The third-order valence-electron chi connectivity index (χ3n) is 2.75. The lowest BCUT2D eigenvalue weighted by molar-refractivity contribution is 0.370. The Bertz CT molecular complexity index is 659. The largest absolute Gasteiger partial charge is 0.481 e. The van der Waals surface area contributed by atoms with Crippen LogP contribution >= 0.6 is 0 Å². The molecular weight excluding hydrogens is 216 g/mol. The minimum atomic E-state index is -0.316. The average Bonchev–Trinajstić information content (AvgIpc) is 2.33. The lowest BCUT2D eigenvalue weighted by Gasteiger charge is -2.06. The van der Waals surface area contributed by atoms with Crippen molar-refractivity contribution >= 4 is 11.0 Å². The van der Waals surface area contributed by atoms with Gasteiger partial charge in [0, 0.05) is 17.0 Å². The van der Waals surface area contributed by atoms with Gasteiger partial charge < -0.3 is 9.15 Å². The summed E-state index contributed by atoms with van der Waals surface area (Å²) in [6.07, 6.45) is 5.11. The minimum absolute atomic E-state index is 0.195. The zero-order chi connectivity index (χ0) is 12.4. The zero-order valence-electron chi connectivity index (χ0n) is 9.74. The van der Waals surface area contributed by atoms with E-state index in [4.69, 9.17) is 15.6 Å². The van der Waals surface area contributed by atoms with Gasteiger partial charge in [-0.3, -0.25) is 0 Å². The highest BCUT2D eigenvalue weighted by Gasteiger charge is 2.08. The molecule has 0 saturated carbocycles. The Kier molecular flexibility index (Phi) is 2.88. The van der Waals surface area contributed by atoms with E-state index in [9.17, 15) is 4.79 Å². The van der Waals surface area contributed by atoms with Gasteiger partial charge in [-0.2, -0.15) is 0 Å². The summed E-state index contributed by atoms with van der Waals surface area (Å²) in [6, 6.07) is 5.36. The van der Waals surface area contributed by atoms with E-state index in [0.717, 1.165) is 10.9 Å². The van der Waals surface area contributed by atoms with Crippen LogP contribution in [0.3, 0.4) is 0 Å². The molecule has 0 radical (unpaired) electrons. The summed E-state index contributed by atoms with van der Waals surface area (Å²) in [7, 11) is 0. The third-order valence-corrected chi connectivity index (χ3v) is 2.75. The van der Waals surface area contributed by atoms with E-state index in [1.54, 1.807) is 13.0 Å². The summed E-state index contributed by atoms with van der Waals surface area (Å²) < 4.78 is 10.5. The van der Waals surface area contributed by atoms with Crippen LogP contribution in [0, 0.1) is 26.2 Å². The van der Waals surface area contributed by atoms with Gasteiger partial charge in [0.15, 0.2) is 0 Å². The Labute approximate surface area is 99.0 Å². The Hall–Kier alpha value is -2.21. The highest BCUT2D eigenvalue weighted by Crippen LogP contribution is 2.23. The first kappa shape index (κ1) is 11.3. The summed E-state index contributed by atoms with van der Waals surface area (Å²) >= 11 is 0. The second-order valence-electron chi connectivity index (χ2n) is 3.79. The molecule has 0 atom stereocenters. The smallest absolute Gasteiger partial charge is 0.339 e. The molecule has 3 nitrogen and oxygen atoms in total. The molecule has 0 unspecified atom stereocenters. The maximum Gasteiger partial charge on any atom is 0.339 e. The fraction of sp³-hybridized carbons (Fsp3) is 0.214. The van der Waals surface area contributed by atoms with Crippen molar-refractivity contribution in [1.29, 1.82) is 0 Å². The van der Waals surface area contributed by atoms with Crippen molar-refractivity contribution in [2.45, 2.75) is 13.8 Å². The normalized spacial score (nSPS) is 10.2. The second-order valence-corrected chi connectivity index (χ2v) is 3.79. The molecule has 0 aliphatic carbocycles. The number of hydrogen-bond donors (Lipinski definition) is 0. The Morgan fingerprint density at radius 3 is 2.82 bits per heavy atom. The lowest BCUT2D eigenvalue weighted by Crippen LogP contribution is -2.05. The first-order valence-electron chi connectivity index (χ1n) is 5.24. The summed E-state index contributed by atoms with van der Waals surface area (Å²) in [5.74, 6) is 2.98. The number of ether oxygens (including phenoxy) is 1. The van der Waals surface area contributed by atoms with E-state index in [1.807, 2.05) is 19.1 Å². The van der Waals surface area contributed by atoms with E-state index in [-0.39, 0.29) is 12.2 Å².